The van der Waals surface area contributed by atoms with E-state index in [1.165, 1.54) is 6.07 Å². The van der Waals surface area contributed by atoms with Crippen molar-refractivity contribution >= 4 is 28.5 Å². The van der Waals surface area contributed by atoms with Crippen LogP contribution in [0.2, 0.25) is 0 Å². The number of hydrogen-bond donors (Lipinski definition) is 2. The maximum absolute atomic E-state index is 12.4. The number of nitrogens with one attached hydrogen (secondary N) is 1. The summed E-state index contributed by atoms with van der Waals surface area (Å²) in [5, 5.41) is 12.9. The van der Waals surface area contributed by atoms with Crippen LogP contribution in [0.15, 0.2) is 40.9 Å². The molecule has 0 radical (unpaired) electrons. The Kier molecular flexibility index (Phi) is 4.61. The first kappa shape index (κ1) is 16.8. The molecule has 0 spiro atoms. The number of anilines is 1. The zero-order chi connectivity index (χ0) is 18.0. The predicted molar refractivity (Wildman–Crippen MR) is 95.2 cm³/mol. The summed E-state index contributed by atoms with van der Waals surface area (Å²) in [6.45, 7) is 4.85. The molecule has 6 heteroatoms. The molecular formula is C19H20N2O4. The Morgan fingerprint density at radius 1 is 1.20 bits per heavy atom. The third-order valence-electron chi connectivity index (χ3n) is 4.08. The highest BCUT2D eigenvalue weighted by molar-refractivity contribution is 6.04. The van der Waals surface area contributed by atoms with Gasteiger partial charge in [-0.2, -0.15) is 0 Å². The molecule has 3 rings (SSSR count). The van der Waals surface area contributed by atoms with Gasteiger partial charge < -0.3 is 19.4 Å². The average Bonchev–Trinajstić information content (AvgIpc) is 3.19. The molecule has 2 aromatic heterocycles. The van der Waals surface area contributed by atoms with Gasteiger partial charge in [0, 0.05) is 41.8 Å². The SMILES string of the molecule is CCCn1ccc2cc(NC(=O)c3cc(C(=O)O)c(CC)o3)ccc21. The fraction of sp³-hybridized carbons (Fsp3) is 0.263. The average molecular weight is 340 g/mol. The molecule has 25 heavy (non-hydrogen) atoms. The summed E-state index contributed by atoms with van der Waals surface area (Å²) in [6, 6.07) is 8.95. The van der Waals surface area contributed by atoms with Crippen LogP contribution in [0.4, 0.5) is 5.69 Å². The van der Waals surface area contributed by atoms with Crippen LogP contribution in [0.3, 0.4) is 0 Å². The Morgan fingerprint density at radius 3 is 2.64 bits per heavy atom. The fourth-order valence-corrected chi connectivity index (χ4v) is 2.89. The summed E-state index contributed by atoms with van der Waals surface area (Å²) < 4.78 is 7.55. The number of carboxylic acid groups (broad SMARTS) is 1. The Hall–Kier alpha value is -3.02. The molecule has 130 valence electrons. The van der Waals surface area contributed by atoms with Gasteiger partial charge in [-0.15, -0.1) is 0 Å². The molecule has 0 atom stereocenters. The first-order chi connectivity index (χ1) is 12.0. The number of furan rings is 1. The smallest absolute Gasteiger partial charge is 0.339 e. The molecule has 1 aromatic carbocycles. The van der Waals surface area contributed by atoms with Crippen molar-refractivity contribution in [1.29, 1.82) is 0 Å². The number of nitrogens with zero attached hydrogens (tertiary/aromatic N) is 1. The number of amides is 1. The van der Waals surface area contributed by atoms with Crippen molar-refractivity contribution in [3.8, 4) is 0 Å². The van der Waals surface area contributed by atoms with Crippen molar-refractivity contribution in [3.05, 3.63) is 53.6 Å². The molecule has 0 bridgehead atoms. The lowest BCUT2D eigenvalue weighted by Gasteiger charge is -2.06. The van der Waals surface area contributed by atoms with Crippen molar-refractivity contribution in [3.63, 3.8) is 0 Å². The van der Waals surface area contributed by atoms with Crippen LogP contribution in [0.1, 0.15) is 46.9 Å². The van der Waals surface area contributed by atoms with Gasteiger partial charge in [0.05, 0.1) is 0 Å². The molecule has 2 heterocycles. The summed E-state index contributed by atoms with van der Waals surface area (Å²) in [7, 11) is 0. The molecule has 0 aliphatic rings. The molecule has 0 aliphatic heterocycles. The summed E-state index contributed by atoms with van der Waals surface area (Å²) in [4.78, 5) is 23.5. The number of benzene rings is 1. The molecule has 0 aliphatic carbocycles. The van der Waals surface area contributed by atoms with Crippen molar-refractivity contribution in [1.82, 2.24) is 4.57 Å². The molecular weight excluding hydrogens is 320 g/mol. The van der Waals surface area contributed by atoms with Gasteiger partial charge in [0.2, 0.25) is 0 Å². The third-order valence-corrected chi connectivity index (χ3v) is 4.08. The molecule has 6 nitrogen and oxygen atoms in total. The minimum absolute atomic E-state index is 0.00194. The lowest BCUT2D eigenvalue weighted by Crippen LogP contribution is -2.10. The van der Waals surface area contributed by atoms with E-state index in [0.717, 1.165) is 23.9 Å². The molecule has 2 N–H and O–H groups in total. The Labute approximate surface area is 145 Å². The maximum atomic E-state index is 12.4. The Balaban J connectivity index is 1.83. The van der Waals surface area contributed by atoms with Gasteiger partial charge in [0.25, 0.3) is 5.91 Å². The fourth-order valence-electron chi connectivity index (χ4n) is 2.89. The largest absolute Gasteiger partial charge is 0.478 e. The van der Waals surface area contributed by atoms with Gasteiger partial charge in [0.15, 0.2) is 5.76 Å². The minimum atomic E-state index is -1.10. The van der Waals surface area contributed by atoms with E-state index < -0.39 is 11.9 Å². The zero-order valence-electron chi connectivity index (χ0n) is 14.2. The normalized spacial score (nSPS) is 11.0. The highest BCUT2D eigenvalue weighted by Gasteiger charge is 2.20. The summed E-state index contributed by atoms with van der Waals surface area (Å²) in [5.41, 5.74) is 1.78. The van der Waals surface area contributed by atoms with Crippen LogP contribution in [0, 0.1) is 0 Å². The van der Waals surface area contributed by atoms with Gasteiger partial charge in [0.1, 0.15) is 11.3 Å². The third kappa shape index (κ3) is 3.28. The molecule has 0 unspecified atom stereocenters. The van der Waals surface area contributed by atoms with Crippen LogP contribution < -0.4 is 5.32 Å². The summed E-state index contributed by atoms with van der Waals surface area (Å²) >= 11 is 0. The number of aromatic nitrogens is 1. The molecule has 1 amide bonds. The second-order valence-electron chi connectivity index (χ2n) is 5.84. The number of rotatable bonds is 6. The van der Waals surface area contributed by atoms with E-state index in [2.05, 4.69) is 16.8 Å². The summed E-state index contributed by atoms with van der Waals surface area (Å²) in [5.74, 6) is -1.27. The van der Waals surface area contributed by atoms with Crippen molar-refractivity contribution in [2.45, 2.75) is 33.2 Å². The standard InChI is InChI=1S/C19H20N2O4/c1-3-8-21-9-7-12-10-13(5-6-15(12)21)20-18(22)17-11-14(19(23)24)16(4-2)25-17/h5-7,9-11H,3-4,8H2,1-2H3,(H,20,22)(H,23,24). The number of carboxylic acids is 1. The number of carbonyl (C=O) groups excluding carboxylic acids is 1. The molecule has 0 fully saturated rings. The second kappa shape index (κ2) is 6.84. The molecule has 0 saturated heterocycles. The quantitative estimate of drug-likeness (QED) is 0.706. The van der Waals surface area contributed by atoms with E-state index in [9.17, 15) is 9.59 Å². The topological polar surface area (TPSA) is 84.5 Å². The van der Waals surface area contributed by atoms with Crippen molar-refractivity contribution in [2.24, 2.45) is 0 Å². The van der Waals surface area contributed by atoms with Gasteiger partial charge in [-0.05, 0) is 30.7 Å². The van der Waals surface area contributed by atoms with Gasteiger partial charge in [-0.1, -0.05) is 13.8 Å². The van der Waals surface area contributed by atoms with E-state index >= 15 is 0 Å². The van der Waals surface area contributed by atoms with Crippen LogP contribution in [-0.2, 0) is 13.0 Å². The lowest BCUT2D eigenvalue weighted by atomic mass is 10.2. The predicted octanol–water partition coefficient (Wildman–Crippen LogP) is 4.16. The van der Waals surface area contributed by atoms with Crippen LogP contribution in [0.5, 0.6) is 0 Å². The monoisotopic (exact) mass is 340 g/mol. The van der Waals surface area contributed by atoms with E-state index in [4.69, 9.17) is 9.52 Å². The highest BCUT2D eigenvalue weighted by Crippen LogP contribution is 2.22. The van der Waals surface area contributed by atoms with Crippen LogP contribution in [0.25, 0.3) is 10.9 Å². The lowest BCUT2D eigenvalue weighted by molar-refractivity contribution is 0.0694. The zero-order valence-corrected chi connectivity index (χ0v) is 14.2. The maximum Gasteiger partial charge on any atom is 0.339 e. The number of aromatic carboxylic acids is 1. The van der Waals surface area contributed by atoms with Crippen LogP contribution >= 0.6 is 0 Å². The van der Waals surface area contributed by atoms with E-state index in [-0.39, 0.29) is 11.3 Å². The number of aryl methyl sites for hydroxylation is 2. The highest BCUT2D eigenvalue weighted by atomic mass is 16.4. The van der Waals surface area contributed by atoms with E-state index in [1.54, 1.807) is 6.92 Å². The molecule has 0 saturated carbocycles. The molecule has 3 aromatic rings. The van der Waals surface area contributed by atoms with Gasteiger partial charge in [-0.3, -0.25) is 4.79 Å². The van der Waals surface area contributed by atoms with Gasteiger partial charge >= 0.3 is 5.97 Å². The Bertz CT molecular complexity index is 936. The first-order valence-electron chi connectivity index (χ1n) is 8.29. The Morgan fingerprint density at radius 2 is 2.00 bits per heavy atom. The first-order valence-corrected chi connectivity index (χ1v) is 8.29. The van der Waals surface area contributed by atoms with Crippen molar-refractivity contribution < 1.29 is 19.1 Å². The minimum Gasteiger partial charge on any atom is -0.478 e. The van der Waals surface area contributed by atoms with E-state index in [1.807, 2.05) is 30.5 Å². The van der Waals surface area contributed by atoms with Crippen molar-refractivity contribution in [2.75, 3.05) is 5.32 Å². The number of fused-ring (bicyclic) bond motifs is 1. The van der Waals surface area contributed by atoms with E-state index in [0.29, 0.717) is 17.9 Å². The number of carbonyl (C=O) groups is 2. The van der Waals surface area contributed by atoms with Gasteiger partial charge in [-0.25, -0.2) is 4.79 Å². The van der Waals surface area contributed by atoms with Crippen LogP contribution in [-0.4, -0.2) is 21.6 Å². The second-order valence-corrected chi connectivity index (χ2v) is 5.84. The summed E-state index contributed by atoms with van der Waals surface area (Å²) in [6.07, 6.45) is 3.48. The number of hydrogen-bond acceptors (Lipinski definition) is 3.